The van der Waals surface area contributed by atoms with Gasteiger partial charge in [0, 0.05) is 11.4 Å². The monoisotopic (exact) mass is 217 g/mol. The molecule has 16 heavy (non-hydrogen) atoms. The summed E-state index contributed by atoms with van der Waals surface area (Å²) in [7, 11) is 0. The highest BCUT2D eigenvalue weighted by Crippen LogP contribution is 2.16. The van der Waals surface area contributed by atoms with Crippen LogP contribution in [0.1, 0.15) is 11.4 Å². The van der Waals surface area contributed by atoms with Crippen molar-refractivity contribution >= 4 is 11.6 Å². The number of nitrogens with one attached hydrogen (secondary N) is 1. The van der Waals surface area contributed by atoms with Crippen LogP contribution in [0.15, 0.2) is 30.3 Å². The highest BCUT2D eigenvalue weighted by Gasteiger charge is 2.03. The van der Waals surface area contributed by atoms with Crippen LogP contribution in [0.25, 0.3) is 0 Å². The Morgan fingerprint density at radius 1 is 1.06 bits per heavy atom. The average Bonchev–Trinajstić information content (AvgIpc) is 2.20. The van der Waals surface area contributed by atoms with Gasteiger partial charge in [0.15, 0.2) is 0 Å². The number of rotatable bonds is 2. The summed E-state index contributed by atoms with van der Waals surface area (Å²) < 4.78 is 13.4. The molecule has 0 fully saturated rings. The number of hydrogen-bond donors (Lipinski definition) is 1. The molecular formula is C12H12FN3. The Hall–Kier alpha value is -1.97. The largest absolute Gasteiger partial charge is 0.322 e. The first-order chi connectivity index (χ1) is 7.65. The molecule has 0 amide bonds. The third kappa shape index (κ3) is 2.34. The first-order valence-corrected chi connectivity index (χ1v) is 4.99. The molecule has 1 aromatic heterocycles. The van der Waals surface area contributed by atoms with E-state index in [1.54, 1.807) is 18.2 Å². The van der Waals surface area contributed by atoms with E-state index in [0.29, 0.717) is 11.6 Å². The molecule has 4 heteroatoms. The van der Waals surface area contributed by atoms with Crippen molar-refractivity contribution in [2.75, 3.05) is 5.32 Å². The molecule has 0 bridgehead atoms. The van der Waals surface area contributed by atoms with Gasteiger partial charge in [-0.05, 0) is 32.0 Å². The molecule has 3 nitrogen and oxygen atoms in total. The number of benzene rings is 1. The SMILES string of the molecule is Cc1cc(C)nc(Nc2ccccc2F)n1. The number of aryl methyl sites for hydroxylation is 2. The summed E-state index contributed by atoms with van der Waals surface area (Å²) >= 11 is 0. The summed E-state index contributed by atoms with van der Waals surface area (Å²) in [6.07, 6.45) is 0. The third-order valence-electron chi connectivity index (χ3n) is 2.10. The highest BCUT2D eigenvalue weighted by atomic mass is 19.1. The van der Waals surface area contributed by atoms with Crippen LogP contribution in [0.4, 0.5) is 16.0 Å². The van der Waals surface area contributed by atoms with Gasteiger partial charge >= 0.3 is 0 Å². The maximum Gasteiger partial charge on any atom is 0.227 e. The van der Waals surface area contributed by atoms with Gasteiger partial charge in [-0.2, -0.15) is 0 Å². The smallest absolute Gasteiger partial charge is 0.227 e. The fraction of sp³-hybridized carbons (Fsp3) is 0.167. The number of para-hydroxylation sites is 1. The van der Waals surface area contributed by atoms with Crippen molar-refractivity contribution in [1.29, 1.82) is 0 Å². The van der Waals surface area contributed by atoms with Crippen molar-refractivity contribution < 1.29 is 4.39 Å². The first-order valence-electron chi connectivity index (χ1n) is 4.99. The minimum Gasteiger partial charge on any atom is -0.322 e. The molecule has 2 rings (SSSR count). The lowest BCUT2D eigenvalue weighted by Gasteiger charge is -2.06. The Labute approximate surface area is 93.4 Å². The highest BCUT2D eigenvalue weighted by molar-refractivity contribution is 5.53. The summed E-state index contributed by atoms with van der Waals surface area (Å²) in [4.78, 5) is 8.36. The molecule has 0 aliphatic heterocycles. The standard InChI is InChI=1S/C12H12FN3/c1-8-7-9(2)15-12(14-8)16-11-6-4-3-5-10(11)13/h3-7H,1-2H3,(H,14,15,16). The van der Waals surface area contributed by atoms with Gasteiger partial charge in [0.25, 0.3) is 0 Å². The normalized spacial score (nSPS) is 10.2. The molecule has 0 aliphatic carbocycles. The number of halogens is 1. The van der Waals surface area contributed by atoms with Crippen LogP contribution >= 0.6 is 0 Å². The van der Waals surface area contributed by atoms with E-state index >= 15 is 0 Å². The molecule has 0 spiro atoms. The second-order valence-electron chi connectivity index (χ2n) is 3.58. The predicted molar refractivity (Wildman–Crippen MR) is 61.2 cm³/mol. The quantitative estimate of drug-likeness (QED) is 0.840. The lowest BCUT2D eigenvalue weighted by atomic mass is 10.3. The zero-order valence-corrected chi connectivity index (χ0v) is 9.16. The van der Waals surface area contributed by atoms with Gasteiger partial charge in [0.2, 0.25) is 5.95 Å². The molecule has 1 N–H and O–H groups in total. The maximum atomic E-state index is 13.4. The van der Waals surface area contributed by atoms with Gasteiger partial charge in [-0.25, -0.2) is 14.4 Å². The Morgan fingerprint density at radius 3 is 2.31 bits per heavy atom. The number of hydrogen-bond acceptors (Lipinski definition) is 3. The zero-order chi connectivity index (χ0) is 11.5. The van der Waals surface area contributed by atoms with Crippen LogP contribution in [-0.2, 0) is 0 Å². The van der Waals surface area contributed by atoms with Gasteiger partial charge in [0.1, 0.15) is 5.82 Å². The van der Waals surface area contributed by atoms with E-state index in [0.717, 1.165) is 11.4 Å². The van der Waals surface area contributed by atoms with E-state index in [4.69, 9.17) is 0 Å². The molecule has 0 atom stereocenters. The number of anilines is 2. The van der Waals surface area contributed by atoms with Crippen LogP contribution in [0.2, 0.25) is 0 Å². The average molecular weight is 217 g/mol. The summed E-state index contributed by atoms with van der Waals surface area (Å²) in [6.45, 7) is 3.75. The molecule has 82 valence electrons. The summed E-state index contributed by atoms with van der Waals surface area (Å²) in [6, 6.07) is 8.31. The maximum absolute atomic E-state index is 13.4. The molecule has 0 unspecified atom stereocenters. The van der Waals surface area contributed by atoms with E-state index in [1.165, 1.54) is 6.07 Å². The number of nitrogens with zero attached hydrogens (tertiary/aromatic N) is 2. The van der Waals surface area contributed by atoms with E-state index < -0.39 is 0 Å². The van der Waals surface area contributed by atoms with Crippen molar-refractivity contribution in [3.05, 3.63) is 47.5 Å². The van der Waals surface area contributed by atoms with Crippen molar-refractivity contribution in [3.63, 3.8) is 0 Å². The summed E-state index contributed by atoms with van der Waals surface area (Å²) in [5, 5.41) is 2.86. The molecule has 0 saturated carbocycles. The molecule has 0 radical (unpaired) electrons. The van der Waals surface area contributed by atoms with E-state index in [9.17, 15) is 4.39 Å². The Morgan fingerprint density at radius 2 is 1.69 bits per heavy atom. The molecule has 0 aliphatic rings. The van der Waals surface area contributed by atoms with Crippen LogP contribution in [0.3, 0.4) is 0 Å². The third-order valence-corrected chi connectivity index (χ3v) is 2.10. The van der Waals surface area contributed by atoms with E-state index in [-0.39, 0.29) is 5.82 Å². The van der Waals surface area contributed by atoms with Crippen molar-refractivity contribution in [2.24, 2.45) is 0 Å². The number of aromatic nitrogens is 2. The minimum atomic E-state index is -0.315. The van der Waals surface area contributed by atoms with Crippen LogP contribution in [0.5, 0.6) is 0 Å². The van der Waals surface area contributed by atoms with Crippen LogP contribution in [0, 0.1) is 19.7 Å². The Kier molecular flexibility index (Phi) is 2.81. The van der Waals surface area contributed by atoms with E-state index in [1.807, 2.05) is 19.9 Å². The van der Waals surface area contributed by atoms with Gasteiger partial charge in [-0.3, -0.25) is 0 Å². The van der Waals surface area contributed by atoms with Gasteiger partial charge in [0.05, 0.1) is 5.69 Å². The van der Waals surface area contributed by atoms with Crippen molar-refractivity contribution in [1.82, 2.24) is 9.97 Å². The molecule has 1 heterocycles. The summed E-state index contributed by atoms with van der Waals surface area (Å²) in [5.74, 6) is 0.104. The first kappa shape index (κ1) is 10.5. The lowest BCUT2D eigenvalue weighted by Crippen LogP contribution is -2.01. The van der Waals surface area contributed by atoms with Crippen molar-refractivity contribution in [2.45, 2.75) is 13.8 Å². The predicted octanol–water partition coefficient (Wildman–Crippen LogP) is 2.98. The topological polar surface area (TPSA) is 37.8 Å². The lowest BCUT2D eigenvalue weighted by molar-refractivity contribution is 0.631. The second kappa shape index (κ2) is 4.26. The fourth-order valence-electron chi connectivity index (χ4n) is 1.46. The zero-order valence-electron chi connectivity index (χ0n) is 9.16. The van der Waals surface area contributed by atoms with Gasteiger partial charge in [-0.15, -0.1) is 0 Å². The summed E-state index contributed by atoms with van der Waals surface area (Å²) in [5.41, 5.74) is 2.09. The van der Waals surface area contributed by atoms with Crippen LogP contribution in [-0.4, -0.2) is 9.97 Å². The molecule has 0 saturated heterocycles. The molecule has 1 aromatic carbocycles. The Balaban J connectivity index is 2.30. The van der Waals surface area contributed by atoms with Gasteiger partial charge in [-0.1, -0.05) is 12.1 Å². The second-order valence-corrected chi connectivity index (χ2v) is 3.58. The van der Waals surface area contributed by atoms with E-state index in [2.05, 4.69) is 15.3 Å². The van der Waals surface area contributed by atoms with Crippen molar-refractivity contribution in [3.8, 4) is 0 Å². The molecule has 2 aromatic rings. The fourth-order valence-corrected chi connectivity index (χ4v) is 1.46. The van der Waals surface area contributed by atoms with Gasteiger partial charge < -0.3 is 5.32 Å². The molecular weight excluding hydrogens is 205 g/mol. The van der Waals surface area contributed by atoms with Crippen LogP contribution < -0.4 is 5.32 Å². The Bertz CT molecular complexity index is 491. The minimum absolute atomic E-state index is 0.315.